The number of amides is 2. The standard InChI is InChI=1S/C35H39F3N4O2/c1-21-6-11-30-29(40-15-14-35(36,37)38)19-26(24-7-9-28(22(2)17-24)33(44)41-34(4)12-13-34)20-42(30)31(16-21)25-8-10-27(23(3)18-25)32(43)39-5/h7-11,16-18,20-21H,6,12-15,19H2,1-5H3,(H,39,43)(H,41,44). The van der Waals surface area contributed by atoms with E-state index in [4.69, 9.17) is 0 Å². The van der Waals surface area contributed by atoms with Crippen molar-refractivity contribution in [3.05, 3.63) is 93.8 Å². The first-order valence-corrected chi connectivity index (χ1v) is 15.1. The molecule has 1 atom stereocenters. The van der Waals surface area contributed by atoms with Gasteiger partial charge in [-0.25, -0.2) is 0 Å². The molecular formula is C35H39F3N4O2. The van der Waals surface area contributed by atoms with Crippen LogP contribution in [0.2, 0.25) is 0 Å². The number of hydrogen-bond acceptors (Lipinski definition) is 4. The van der Waals surface area contributed by atoms with Gasteiger partial charge in [-0.2, -0.15) is 13.2 Å². The molecule has 2 N–H and O–H groups in total. The van der Waals surface area contributed by atoms with Gasteiger partial charge in [0.25, 0.3) is 11.8 Å². The van der Waals surface area contributed by atoms with Crippen LogP contribution in [-0.4, -0.2) is 47.7 Å². The maximum Gasteiger partial charge on any atom is 0.390 e. The van der Waals surface area contributed by atoms with E-state index in [0.717, 1.165) is 52.1 Å². The Labute approximate surface area is 256 Å². The van der Waals surface area contributed by atoms with E-state index in [-0.39, 0.29) is 29.8 Å². The van der Waals surface area contributed by atoms with Crippen molar-refractivity contribution in [1.29, 1.82) is 0 Å². The maximum absolute atomic E-state index is 13.1. The summed E-state index contributed by atoms with van der Waals surface area (Å²) in [5, 5.41) is 5.78. The van der Waals surface area contributed by atoms with E-state index in [2.05, 4.69) is 34.7 Å². The molecule has 1 unspecified atom stereocenters. The van der Waals surface area contributed by atoms with E-state index in [1.807, 2.05) is 62.2 Å². The molecule has 1 fully saturated rings. The number of benzene rings is 2. The van der Waals surface area contributed by atoms with E-state index in [9.17, 15) is 22.8 Å². The van der Waals surface area contributed by atoms with Crippen LogP contribution in [0, 0.1) is 19.8 Å². The minimum Gasteiger partial charge on any atom is -0.355 e. The van der Waals surface area contributed by atoms with E-state index < -0.39 is 12.6 Å². The summed E-state index contributed by atoms with van der Waals surface area (Å²) in [6.45, 7) is 7.56. The zero-order valence-corrected chi connectivity index (χ0v) is 25.9. The van der Waals surface area contributed by atoms with Crippen LogP contribution in [0.3, 0.4) is 0 Å². The number of hydrogen-bond donors (Lipinski definition) is 2. The third-order valence-corrected chi connectivity index (χ3v) is 8.53. The molecule has 1 aliphatic carbocycles. The van der Waals surface area contributed by atoms with Gasteiger partial charge in [0.2, 0.25) is 0 Å². The molecule has 9 heteroatoms. The van der Waals surface area contributed by atoms with Crippen molar-refractivity contribution in [3.63, 3.8) is 0 Å². The van der Waals surface area contributed by atoms with Gasteiger partial charge in [-0.15, -0.1) is 0 Å². The highest BCUT2D eigenvalue weighted by molar-refractivity contribution is 6.09. The second kappa shape index (κ2) is 12.1. The van der Waals surface area contributed by atoms with Crippen molar-refractivity contribution < 1.29 is 22.8 Å². The quantitative estimate of drug-likeness (QED) is 0.347. The van der Waals surface area contributed by atoms with Gasteiger partial charge in [0.1, 0.15) is 0 Å². The molecule has 2 heterocycles. The predicted octanol–water partition coefficient (Wildman–Crippen LogP) is 7.35. The molecule has 2 amide bonds. The van der Waals surface area contributed by atoms with Gasteiger partial charge in [-0.3, -0.25) is 14.6 Å². The normalized spacial score (nSPS) is 20.2. The van der Waals surface area contributed by atoms with E-state index >= 15 is 0 Å². The minimum atomic E-state index is -4.30. The lowest BCUT2D eigenvalue weighted by Crippen LogP contribution is -2.34. The summed E-state index contributed by atoms with van der Waals surface area (Å²) in [6.07, 6.45) is 3.93. The van der Waals surface area contributed by atoms with E-state index in [1.165, 1.54) is 0 Å². The van der Waals surface area contributed by atoms with Gasteiger partial charge < -0.3 is 15.5 Å². The Kier molecular flexibility index (Phi) is 8.60. The van der Waals surface area contributed by atoms with Crippen LogP contribution in [0.1, 0.15) is 88.9 Å². The SMILES string of the molecule is CNC(=O)c1ccc(C2=CC(C)CC=C3C(=NCCC(F)(F)F)CC(c4ccc(C(=O)NC5(C)CC5)c(C)c4)=CN32)cc1C. The molecule has 0 saturated heterocycles. The summed E-state index contributed by atoms with van der Waals surface area (Å²) in [5.74, 6) is -0.118. The molecule has 2 aliphatic heterocycles. The van der Waals surface area contributed by atoms with Crippen molar-refractivity contribution in [1.82, 2.24) is 15.5 Å². The van der Waals surface area contributed by atoms with Crippen molar-refractivity contribution >= 4 is 28.8 Å². The minimum absolute atomic E-state index is 0.103. The Morgan fingerprint density at radius 3 is 2.25 bits per heavy atom. The first-order chi connectivity index (χ1) is 20.8. The topological polar surface area (TPSA) is 73.8 Å². The van der Waals surface area contributed by atoms with Crippen LogP contribution in [0.25, 0.3) is 11.3 Å². The zero-order valence-electron chi connectivity index (χ0n) is 25.9. The van der Waals surface area contributed by atoms with Gasteiger partial charge in [0.05, 0.1) is 17.8 Å². The van der Waals surface area contributed by atoms with Crippen molar-refractivity contribution in [2.45, 2.75) is 71.5 Å². The third kappa shape index (κ3) is 6.98. The number of carbonyl (C=O) groups is 2. The average molecular weight is 605 g/mol. The lowest BCUT2D eigenvalue weighted by Gasteiger charge is -2.33. The summed E-state index contributed by atoms with van der Waals surface area (Å²) in [6, 6.07) is 11.3. The van der Waals surface area contributed by atoms with Crippen LogP contribution in [0.15, 0.2) is 65.4 Å². The predicted molar refractivity (Wildman–Crippen MR) is 168 cm³/mol. The van der Waals surface area contributed by atoms with Crippen LogP contribution in [-0.2, 0) is 0 Å². The summed E-state index contributed by atoms with van der Waals surface area (Å²) in [5.41, 5.74) is 7.56. The van der Waals surface area contributed by atoms with Gasteiger partial charge in [-0.1, -0.05) is 37.3 Å². The monoisotopic (exact) mass is 604 g/mol. The van der Waals surface area contributed by atoms with Crippen LogP contribution in [0.4, 0.5) is 13.2 Å². The number of fused-ring (bicyclic) bond motifs is 1. The maximum atomic E-state index is 13.1. The molecule has 0 spiro atoms. The molecule has 232 valence electrons. The fourth-order valence-corrected chi connectivity index (χ4v) is 5.66. The third-order valence-electron chi connectivity index (χ3n) is 8.53. The molecule has 5 rings (SSSR count). The number of allylic oxidation sites excluding steroid dienone is 4. The van der Waals surface area contributed by atoms with E-state index in [0.29, 0.717) is 29.7 Å². The number of aryl methyl sites for hydroxylation is 2. The number of alkyl halides is 3. The van der Waals surface area contributed by atoms with Crippen molar-refractivity contribution in [3.8, 4) is 0 Å². The number of carbonyl (C=O) groups excluding carboxylic acids is 2. The molecule has 2 aromatic rings. The number of nitrogens with zero attached hydrogens (tertiary/aromatic N) is 2. The molecular weight excluding hydrogens is 565 g/mol. The first kappa shape index (κ1) is 31.3. The molecule has 0 bridgehead atoms. The molecule has 0 radical (unpaired) electrons. The van der Waals surface area contributed by atoms with Gasteiger partial charge in [0.15, 0.2) is 0 Å². The second-order valence-electron chi connectivity index (χ2n) is 12.4. The largest absolute Gasteiger partial charge is 0.390 e. The lowest BCUT2D eigenvalue weighted by atomic mass is 9.92. The number of aliphatic imine (C=N–C) groups is 1. The highest BCUT2D eigenvalue weighted by Crippen LogP contribution is 2.39. The Hall–Kier alpha value is -4.14. The molecule has 3 aliphatic rings. The fraction of sp³-hybridized carbons (Fsp3) is 0.400. The lowest BCUT2D eigenvalue weighted by molar-refractivity contribution is -0.132. The molecule has 6 nitrogen and oxygen atoms in total. The van der Waals surface area contributed by atoms with Crippen molar-refractivity contribution in [2.24, 2.45) is 10.9 Å². The number of rotatable bonds is 7. The van der Waals surface area contributed by atoms with Crippen LogP contribution in [0.5, 0.6) is 0 Å². The van der Waals surface area contributed by atoms with Crippen molar-refractivity contribution in [2.75, 3.05) is 13.6 Å². The summed E-state index contributed by atoms with van der Waals surface area (Å²) in [4.78, 5) is 31.8. The average Bonchev–Trinajstić information content (AvgIpc) is 3.72. The summed E-state index contributed by atoms with van der Waals surface area (Å²) < 4.78 is 39.3. The second-order valence-corrected chi connectivity index (χ2v) is 12.4. The molecule has 2 aromatic carbocycles. The smallest absolute Gasteiger partial charge is 0.355 e. The number of halogens is 3. The van der Waals surface area contributed by atoms with Gasteiger partial charge in [-0.05, 0) is 92.0 Å². The van der Waals surface area contributed by atoms with E-state index in [1.54, 1.807) is 13.1 Å². The highest BCUT2D eigenvalue weighted by Gasteiger charge is 2.39. The molecule has 0 aromatic heterocycles. The van der Waals surface area contributed by atoms with Gasteiger partial charge in [0, 0.05) is 48.6 Å². The Bertz CT molecular complexity index is 1610. The Morgan fingerprint density at radius 2 is 1.64 bits per heavy atom. The highest BCUT2D eigenvalue weighted by atomic mass is 19.4. The van der Waals surface area contributed by atoms with Gasteiger partial charge >= 0.3 is 6.18 Å². The van der Waals surface area contributed by atoms with Crippen LogP contribution < -0.4 is 10.6 Å². The number of nitrogens with one attached hydrogen (secondary N) is 2. The Morgan fingerprint density at radius 1 is 1.00 bits per heavy atom. The molecule has 1 saturated carbocycles. The molecule has 44 heavy (non-hydrogen) atoms. The summed E-state index contributed by atoms with van der Waals surface area (Å²) in [7, 11) is 1.59. The fourth-order valence-electron chi connectivity index (χ4n) is 5.66. The van der Waals surface area contributed by atoms with Crippen LogP contribution >= 0.6 is 0 Å². The summed E-state index contributed by atoms with van der Waals surface area (Å²) >= 11 is 0. The zero-order chi connectivity index (χ0) is 31.8. The Balaban J connectivity index is 1.57. The first-order valence-electron chi connectivity index (χ1n) is 15.1.